The van der Waals surface area contributed by atoms with Crippen LogP contribution in [0.1, 0.15) is 30.0 Å². The van der Waals surface area contributed by atoms with Crippen LogP contribution < -0.4 is 5.32 Å². The first-order valence-electron chi connectivity index (χ1n) is 10.4. The van der Waals surface area contributed by atoms with E-state index in [2.05, 4.69) is 11.4 Å². The number of benzene rings is 2. The normalized spacial score (nSPS) is 22.4. The molecule has 1 spiro atoms. The van der Waals surface area contributed by atoms with Crippen LogP contribution in [0.5, 0.6) is 0 Å². The molecule has 1 aliphatic heterocycles. The second-order valence-electron chi connectivity index (χ2n) is 8.23. The number of likely N-dealkylation sites (tertiary alicyclic amines) is 1. The number of hydrogen-bond acceptors (Lipinski definition) is 4. The number of nitrogens with zero attached hydrogens (tertiary/aromatic N) is 2. The Morgan fingerprint density at radius 2 is 1.87 bits per heavy atom. The van der Waals surface area contributed by atoms with Crippen LogP contribution in [0.3, 0.4) is 0 Å². The molecule has 3 N–H and O–H groups in total. The van der Waals surface area contributed by atoms with Gasteiger partial charge in [0.25, 0.3) is 0 Å². The van der Waals surface area contributed by atoms with Crippen molar-refractivity contribution in [2.45, 2.75) is 30.4 Å². The molecule has 4 rings (SSSR count). The third kappa shape index (κ3) is 3.47. The Morgan fingerprint density at radius 3 is 2.57 bits per heavy atom. The van der Waals surface area contributed by atoms with Gasteiger partial charge in [0.1, 0.15) is 5.82 Å². The van der Waals surface area contributed by atoms with Crippen LogP contribution in [-0.4, -0.2) is 65.4 Å². The first-order chi connectivity index (χ1) is 14.5. The smallest absolute Gasteiger partial charge is 0.321 e. The number of piperidine rings is 1. The maximum absolute atomic E-state index is 13.9. The Kier molecular flexibility index (Phi) is 5.77. The predicted molar refractivity (Wildman–Crippen MR) is 113 cm³/mol. The van der Waals surface area contributed by atoms with Gasteiger partial charge in [-0.25, -0.2) is 9.18 Å². The zero-order valence-electron chi connectivity index (χ0n) is 17.1. The van der Waals surface area contributed by atoms with E-state index in [4.69, 9.17) is 0 Å². The third-order valence-corrected chi connectivity index (χ3v) is 6.67. The zero-order chi connectivity index (χ0) is 21.3. The van der Waals surface area contributed by atoms with Crippen molar-refractivity contribution in [3.63, 3.8) is 0 Å². The van der Waals surface area contributed by atoms with Crippen molar-refractivity contribution in [1.29, 1.82) is 0 Å². The molecule has 1 aliphatic carbocycles. The number of nitrogens with one attached hydrogen (secondary N) is 1. The molecular weight excluding hydrogens is 385 g/mol. The van der Waals surface area contributed by atoms with E-state index >= 15 is 0 Å². The quantitative estimate of drug-likeness (QED) is 0.721. The van der Waals surface area contributed by atoms with Crippen LogP contribution in [0.4, 0.5) is 14.9 Å². The lowest BCUT2D eigenvalue weighted by Gasteiger charge is -2.43. The lowest BCUT2D eigenvalue weighted by molar-refractivity contribution is -0.00669. The summed E-state index contributed by atoms with van der Waals surface area (Å²) in [7, 11) is 1.91. The number of para-hydroxylation sites is 1. The summed E-state index contributed by atoms with van der Waals surface area (Å²) < 4.78 is 13.9. The van der Waals surface area contributed by atoms with Gasteiger partial charge in [0.2, 0.25) is 0 Å². The maximum atomic E-state index is 13.9. The van der Waals surface area contributed by atoms with E-state index < -0.39 is 17.3 Å². The molecule has 0 unspecified atom stereocenters. The Hall–Kier alpha value is -2.48. The number of rotatable bonds is 4. The molecule has 2 amide bonds. The number of aliphatic hydroxyl groups is 2. The van der Waals surface area contributed by atoms with Gasteiger partial charge in [-0.2, -0.15) is 0 Å². The maximum Gasteiger partial charge on any atom is 0.321 e. The second-order valence-corrected chi connectivity index (χ2v) is 8.23. The van der Waals surface area contributed by atoms with Crippen molar-refractivity contribution in [2.24, 2.45) is 0 Å². The van der Waals surface area contributed by atoms with Crippen LogP contribution in [0.2, 0.25) is 0 Å². The molecule has 2 atom stereocenters. The summed E-state index contributed by atoms with van der Waals surface area (Å²) in [5.74, 6) is -0.464. The van der Waals surface area contributed by atoms with Crippen molar-refractivity contribution >= 4 is 11.7 Å². The van der Waals surface area contributed by atoms with Crippen LogP contribution in [0, 0.1) is 5.82 Å². The predicted octanol–water partition coefficient (Wildman–Crippen LogP) is 2.73. The number of amides is 2. The van der Waals surface area contributed by atoms with Gasteiger partial charge in [-0.15, -0.1) is 0 Å². The number of anilines is 1. The fraction of sp³-hybridized carbons (Fsp3) is 0.435. The third-order valence-electron chi connectivity index (χ3n) is 6.67. The molecule has 0 aromatic heterocycles. The van der Waals surface area contributed by atoms with E-state index in [1.165, 1.54) is 12.1 Å². The summed E-state index contributed by atoms with van der Waals surface area (Å²) >= 11 is 0. The number of hydrogen-bond donors (Lipinski definition) is 3. The number of carbonyl (C=O) groups is 1. The minimum absolute atomic E-state index is 0.0267. The lowest BCUT2D eigenvalue weighted by Crippen LogP contribution is -2.51. The largest absolute Gasteiger partial charge is 0.395 e. The van der Waals surface area contributed by atoms with E-state index in [9.17, 15) is 19.4 Å². The second kappa shape index (κ2) is 8.34. The average molecular weight is 413 g/mol. The van der Waals surface area contributed by atoms with Crippen molar-refractivity contribution < 1.29 is 19.4 Å². The molecule has 0 radical (unpaired) electrons. The minimum Gasteiger partial charge on any atom is -0.395 e. The number of aliphatic hydroxyl groups excluding tert-OH is 2. The van der Waals surface area contributed by atoms with E-state index in [1.807, 2.05) is 30.1 Å². The fourth-order valence-electron chi connectivity index (χ4n) is 5.05. The molecule has 30 heavy (non-hydrogen) atoms. The van der Waals surface area contributed by atoms with Gasteiger partial charge in [0.15, 0.2) is 0 Å². The van der Waals surface area contributed by atoms with E-state index in [-0.39, 0.29) is 24.4 Å². The van der Waals surface area contributed by atoms with Crippen LogP contribution in [0.25, 0.3) is 0 Å². The van der Waals surface area contributed by atoms with Gasteiger partial charge in [-0.1, -0.05) is 36.4 Å². The molecule has 2 aromatic carbocycles. The molecule has 6 nitrogen and oxygen atoms in total. The van der Waals surface area contributed by atoms with Crippen molar-refractivity contribution in [3.8, 4) is 0 Å². The number of likely N-dealkylation sites (N-methyl/N-ethyl adjacent to an activating group) is 1. The zero-order valence-corrected chi connectivity index (χ0v) is 17.1. The van der Waals surface area contributed by atoms with Gasteiger partial charge in [-0.05, 0) is 43.1 Å². The molecule has 1 saturated heterocycles. The van der Waals surface area contributed by atoms with Crippen molar-refractivity contribution in [2.75, 3.05) is 38.6 Å². The van der Waals surface area contributed by atoms with Gasteiger partial charge in [-0.3, -0.25) is 4.90 Å². The standard InChI is InChI=1S/C23H28FN3O3/c1-26(14-15-28)20-16-6-2-3-7-17(16)23(21(20)29)10-12-27(13-11-23)22(30)25-19-9-5-4-8-18(19)24/h2-9,20-21,28-29H,10-15H2,1H3,(H,25,30)/t20-,21+/m1/s1. The summed E-state index contributed by atoms with van der Waals surface area (Å²) in [5, 5.41) is 23.4. The molecular formula is C23H28FN3O3. The number of urea groups is 1. The number of fused-ring (bicyclic) bond motifs is 2. The highest BCUT2D eigenvalue weighted by atomic mass is 19.1. The lowest BCUT2D eigenvalue weighted by atomic mass is 9.72. The summed E-state index contributed by atoms with van der Waals surface area (Å²) in [6.07, 6.45) is 0.627. The SMILES string of the molecule is CN(CCO)[C@@H]1c2ccccc2C2(CCN(C(=O)Nc3ccccc3F)CC2)[C@H]1O. The first-order valence-corrected chi connectivity index (χ1v) is 10.4. The monoisotopic (exact) mass is 413 g/mol. The fourth-order valence-corrected chi connectivity index (χ4v) is 5.05. The van der Waals surface area contributed by atoms with Crippen LogP contribution in [0.15, 0.2) is 48.5 Å². The van der Waals surface area contributed by atoms with Gasteiger partial charge >= 0.3 is 6.03 Å². The van der Waals surface area contributed by atoms with Gasteiger partial charge < -0.3 is 20.4 Å². The molecule has 1 fully saturated rings. The van der Waals surface area contributed by atoms with Crippen molar-refractivity contribution in [1.82, 2.24) is 9.80 Å². The highest BCUT2D eigenvalue weighted by Gasteiger charge is 2.53. The highest BCUT2D eigenvalue weighted by Crippen LogP contribution is 2.52. The minimum atomic E-state index is -0.622. The summed E-state index contributed by atoms with van der Waals surface area (Å²) in [6, 6.07) is 13.7. The summed E-state index contributed by atoms with van der Waals surface area (Å²) in [6.45, 7) is 1.45. The molecule has 2 aliphatic rings. The molecule has 1 heterocycles. The van der Waals surface area contributed by atoms with Gasteiger partial charge in [0, 0.05) is 25.0 Å². The molecule has 2 aromatic rings. The van der Waals surface area contributed by atoms with Gasteiger partial charge in [0.05, 0.1) is 24.4 Å². The number of halogens is 1. The Morgan fingerprint density at radius 1 is 1.20 bits per heavy atom. The number of carbonyl (C=O) groups excluding carboxylic acids is 1. The summed E-state index contributed by atoms with van der Waals surface area (Å²) in [5.41, 5.74) is 1.95. The molecule has 0 bridgehead atoms. The molecule has 7 heteroatoms. The Labute approximate surface area is 175 Å². The topological polar surface area (TPSA) is 76.0 Å². The Balaban J connectivity index is 1.52. The first kappa shape index (κ1) is 20.8. The Bertz CT molecular complexity index is 914. The van der Waals surface area contributed by atoms with E-state index in [0.29, 0.717) is 32.5 Å². The van der Waals surface area contributed by atoms with E-state index in [0.717, 1.165) is 11.1 Å². The molecule has 0 saturated carbocycles. The van der Waals surface area contributed by atoms with Crippen molar-refractivity contribution in [3.05, 3.63) is 65.5 Å². The van der Waals surface area contributed by atoms with E-state index in [1.54, 1.807) is 17.0 Å². The average Bonchev–Trinajstić information content (AvgIpc) is 2.99. The summed E-state index contributed by atoms with van der Waals surface area (Å²) in [4.78, 5) is 16.3. The highest BCUT2D eigenvalue weighted by molar-refractivity contribution is 5.89. The molecule has 160 valence electrons. The van der Waals surface area contributed by atoms with Crippen LogP contribution >= 0.6 is 0 Å². The van der Waals surface area contributed by atoms with Crippen LogP contribution in [-0.2, 0) is 5.41 Å².